The maximum atomic E-state index is 13.2. The summed E-state index contributed by atoms with van der Waals surface area (Å²) in [7, 11) is 0. The van der Waals surface area contributed by atoms with Crippen LogP contribution in [0.3, 0.4) is 0 Å². The molecular weight excluding hydrogens is 447 g/mol. The Kier molecular flexibility index (Phi) is 6.03. The number of carbonyl (C=O) groups excluding carboxylic acids is 1. The summed E-state index contributed by atoms with van der Waals surface area (Å²) < 4.78 is 29.5. The first-order valence-corrected chi connectivity index (χ1v) is 10.6. The van der Waals surface area contributed by atoms with Crippen molar-refractivity contribution in [1.82, 2.24) is 19.6 Å². The average molecular weight is 468 g/mol. The molecule has 0 spiro atoms. The quantitative estimate of drug-likeness (QED) is 0.498. The molecular formula is C21H21Cl2F2N5O. The number of halogens is 4. The van der Waals surface area contributed by atoms with Gasteiger partial charge in [0.05, 0.1) is 34.3 Å². The van der Waals surface area contributed by atoms with Crippen molar-refractivity contribution in [2.24, 2.45) is 0 Å². The fraction of sp³-hybridized carbons (Fsp3) is 0.381. The van der Waals surface area contributed by atoms with E-state index in [2.05, 4.69) is 15.5 Å². The van der Waals surface area contributed by atoms with Gasteiger partial charge < -0.3 is 5.32 Å². The third-order valence-electron chi connectivity index (χ3n) is 5.34. The van der Waals surface area contributed by atoms with Gasteiger partial charge in [0, 0.05) is 10.9 Å². The minimum atomic E-state index is -2.79. The standard InChI is InChI=1S/C21H21Cl2F2N5O/c1-11-18(12(2)29(27-11)9-14-5-3-4-6-15(14)22)26-16(31)10-30-20(13-7-8-13)17(23)19(28-30)21(24)25/h3-6,13,21H,7-10H2,1-2H3,(H,26,31). The molecule has 3 aromatic rings. The smallest absolute Gasteiger partial charge is 0.283 e. The van der Waals surface area contributed by atoms with Gasteiger partial charge >= 0.3 is 0 Å². The largest absolute Gasteiger partial charge is 0.321 e. The van der Waals surface area contributed by atoms with Gasteiger partial charge in [0.15, 0.2) is 0 Å². The molecule has 2 aromatic heterocycles. The van der Waals surface area contributed by atoms with E-state index in [9.17, 15) is 13.6 Å². The topological polar surface area (TPSA) is 64.7 Å². The zero-order chi connectivity index (χ0) is 22.3. The predicted molar refractivity (Wildman–Crippen MR) is 115 cm³/mol. The van der Waals surface area contributed by atoms with E-state index >= 15 is 0 Å². The number of aromatic nitrogens is 4. The Morgan fingerprint density at radius 1 is 1.19 bits per heavy atom. The lowest BCUT2D eigenvalue weighted by atomic mass is 10.2. The van der Waals surface area contributed by atoms with E-state index in [-0.39, 0.29) is 23.4 Å². The van der Waals surface area contributed by atoms with Crippen molar-refractivity contribution in [3.05, 3.63) is 62.6 Å². The molecule has 6 nitrogen and oxygen atoms in total. The molecule has 0 saturated heterocycles. The Hall–Kier alpha value is -2.45. The molecule has 1 amide bonds. The molecule has 31 heavy (non-hydrogen) atoms. The summed E-state index contributed by atoms with van der Waals surface area (Å²) in [5.41, 5.74) is 2.93. The van der Waals surface area contributed by atoms with Crippen LogP contribution in [0, 0.1) is 13.8 Å². The number of nitrogens with one attached hydrogen (secondary N) is 1. The van der Waals surface area contributed by atoms with Crippen molar-refractivity contribution in [3.63, 3.8) is 0 Å². The Balaban J connectivity index is 1.53. The Morgan fingerprint density at radius 2 is 1.90 bits per heavy atom. The fourth-order valence-electron chi connectivity index (χ4n) is 3.61. The highest BCUT2D eigenvalue weighted by Crippen LogP contribution is 2.45. The van der Waals surface area contributed by atoms with Gasteiger partial charge in [0.2, 0.25) is 5.91 Å². The van der Waals surface area contributed by atoms with Crippen molar-refractivity contribution >= 4 is 34.8 Å². The number of hydrogen-bond donors (Lipinski definition) is 1. The number of benzene rings is 1. The van der Waals surface area contributed by atoms with E-state index < -0.39 is 12.1 Å². The molecule has 0 aliphatic heterocycles. The van der Waals surface area contributed by atoms with Gasteiger partial charge in [-0.1, -0.05) is 41.4 Å². The van der Waals surface area contributed by atoms with Gasteiger partial charge in [-0.05, 0) is 38.3 Å². The lowest BCUT2D eigenvalue weighted by molar-refractivity contribution is -0.117. The second-order valence-corrected chi connectivity index (χ2v) is 8.45. The number of anilines is 1. The van der Waals surface area contributed by atoms with Crippen LogP contribution >= 0.6 is 23.2 Å². The molecule has 1 aliphatic carbocycles. The molecule has 1 aromatic carbocycles. The molecule has 0 bridgehead atoms. The first kappa shape index (κ1) is 21.8. The summed E-state index contributed by atoms with van der Waals surface area (Å²) in [5, 5.41) is 11.9. The number of alkyl halides is 2. The summed E-state index contributed by atoms with van der Waals surface area (Å²) in [4.78, 5) is 12.7. The fourth-order valence-corrected chi connectivity index (χ4v) is 4.18. The summed E-state index contributed by atoms with van der Waals surface area (Å²) in [6.45, 7) is 3.90. The van der Waals surface area contributed by atoms with Crippen molar-refractivity contribution in [3.8, 4) is 0 Å². The van der Waals surface area contributed by atoms with Crippen LogP contribution in [-0.4, -0.2) is 25.5 Å². The summed E-state index contributed by atoms with van der Waals surface area (Å²) >= 11 is 12.4. The minimum absolute atomic E-state index is 0.0368. The summed E-state index contributed by atoms with van der Waals surface area (Å²) in [6, 6.07) is 7.48. The Labute approximate surface area is 188 Å². The van der Waals surface area contributed by atoms with Crippen LogP contribution in [-0.2, 0) is 17.9 Å². The molecule has 1 aliphatic rings. The van der Waals surface area contributed by atoms with Crippen molar-refractivity contribution < 1.29 is 13.6 Å². The molecule has 4 rings (SSSR count). The number of rotatable bonds is 7. The first-order chi connectivity index (χ1) is 14.8. The van der Waals surface area contributed by atoms with Crippen LogP contribution in [0.25, 0.3) is 0 Å². The van der Waals surface area contributed by atoms with E-state index in [0.717, 1.165) is 24.1 Å². The van der Waals surface area contributed by atoms with Crippen LogP contribution in [0.4, 0.5) is 14.5 Å². The normalized spacial score (nSPS) is 13.8. The van der Waals surface area contributed by atoms with Crippen LogP contribution in [0.2, 0.25) is 10.0 Å². The summed E-state index contributed by atoms with van der Waals surface area (Å²) in [5.74, 6) is -0.312. The highest BCUT2D eigenvalue weighted by Gasteiger charge is 2.34. The Bertz CT molecular complexity index is 1140. The maximum absolute atomic E-state index is 13.2. The second kappa shape index (κ2) is 8.59. The molecule has 0 radical (unpaired) electrons. The number of nitrogens with zero attached hydrogens (tertiary/aromatic N) is 4. The van der Waals surface area contributed by atoms with Gasteiger partial charge in [0.25, 0.3) is 6.43 Å². The maximum Gasteiger partial charge on any atom is 0.283 e. The zero-order valence-corrected chi connectivity index (χ0v) is 18.5. The van der Waals surface area contributed by atoms with Crippen LogP contribution in [0.5, 0.6) is 0 Å². The third-order valence-corrected chi connectivity index (χ3v) is 6.10. The molecule has 0 unspecified atom stereocenters. The van der Waals surface area contributed by atoms with Crippen molar-refractivity contribution in [2.75, 3.05) is 5.32 Å². The number of aryl methyl sites for hydroxylation is 1. The monoisotopic (exact) mass is 467 g/mol. The van der Waals surface area contributed by atoms with Gasteiger partial charge in [0.1, 0.15) is 12.2 Å². The molecule has 2 heterocycles. The van der Waals surface area contributed by atoms with Gasteiger partial charge in [-0.25, -0.2) is 8.78 Å². The molecule has 1 saturated carbocycles. The minimum Gasteiger partial charge on any atom is -0.321 e. The predicted octanol–water partition coefficient (Wildman–Crippen LogP) is 5.51. The highest BCUT2D eigenvalue weighted by molar-refractivity contribution is 6.32. The zero-order valence-electron chi connectivity index (χ0n) is 17.0. The highest BCUT2D eigenvalue weighted by atomic mass is 35.5. The number of hydrogen-bond acceptors (Lipinski definition) is 3. The van der Waals surface area contributed by atoms with Crippen molar-refractivity contribution in [2.45, 2.75) is 52.1 Å². The van der Waals surface area contributed by atoms with E-state index in [4.69, 9.17) is 23.2 Å². The van der Waals surface area contributed by atoms with Gasteiger partial charge in [-0.3, -0.25) is 14.2 Å². The second-order valence-electron chi connectivity index (χ2n) is 7.66. The van der Waals surface area contributed by atoms with Gasteiger partial charge in [-0.15, -0.1) is 0 Å². The van der Waals surface area contributed by atoms with Gasteiger partial charge in [-0.2, -0.15) is 10.2 Å². The third kappa shape index (κ3) is 4.45. The number of amides is 1. The lowest BCUT2D eigenvalue weighted by Gasteiger charge is -2.10. The average Bonchev–Trinajstić information content (AvgIpc) is 3.44. The van der Waals surface area contributed by atoms with E-state index in [0.29, 0.717) is 28.6 Å². The molecule has 1 N–H and O–H groups in total. The Morgan fingerprint density at radius 3 is 2.55 bits per heavy atom. The molecule has 10 heteroatoms. The SMILES string of the molecule is Cc1nn(Cc2ccccc2Cl)c(C)c1NC(=O)Cn1nc(C(F)F)c(Cl)c1C1CC1. The molecule has 164 valence electrons. The van der Waals surface area contributed by atoms with Crippen LogP contribution in [0.15, 0.2) is 24.3 Å². The lowest BCUT2D eigenvalue weighted by Crippen LogP contribution is -2.21. The first-order valence-electron chi connectivity index (χ1n) is 9.87. The number of carbonyl (C=O) groups is 1. The summed E-state index contributed by atoms with van der Waals surface area (Å²) in [6.07, 6.45) is -1.09. The van der Waals surface area contributed by atoms with E-state index in [1.54, 1.807) is 11.6 Å². The molecule has 0 atom stereocenters. The van der Waals surface area contributed by atoms with Crippen molar-refractivity contribution in [1.29, 1.82) is 0 Å². The van der Waals surface area contributed by atoms with Crippen LogP contribution in [0.1, 0.15) is 53.5 Å². The van der Waals surface area contributed by atoms with Crippen LogP contribution < -0.4 is 5.32 Å². The van der Waals surface area contributed by atoms with E-state index in [1.807, 2.05) is 31.2 Å². The van der Waals surface area contributed by atoms with E-state index in [1.165, 1.54) is 4.68 Å². The molecule has 1 fully saturated rings.